The molecule has 0 saturated carbocycles. The molecule has 1 amide bonds. The number of hydrogen-bond donors (Lipinski definition) is 3. The first-order valence-electron chi connectivity index (χ1n) is 4.41. The average Bonchev–Trinajstić information content (AvgIpc) is 2.16. The monoisotopic (exact) mass is 208 g/mol. The largest absolute Gasteiger partial charge is 0.478 e. The van der Waals surface area contributed by atoms with Gasteiger partial charge in [0.2, 0.25) is 0 Å². The number of rotatable bonds is 3. The van der Waals surface area contributed by atoms with Gasteiger partial charge in [-0.3, -0.25) is 4.79 Å². The van der Waals surface area contributed by atoms with Crippen LogP contribution in [-0.4, -0.2) is 23.1 Å². The summed E-state index contributed by atoms with van der Waals surface area (Å²) in [6, 6.07) is 5.98. The van der Waals surface area contributed by atoms with Crippen LogP contribution >= 0.6 is 0 Å². The molecule has 1 aromatic carbocycles. The molecular weight excluding hydrogens is 196 g/mol. The van der Waals surface area contributed by atoms with Crippen molar-refractivity contribution in [1.82, 2.24) is 5.32 Å². The van der Waals surface area contributed by atoms with Crippen molar-refractivity contribution < 1.29 is 14.7 Å². The van der Waals surface area contributed by atoms with E-state index in [1.165, 1.54) is 12.1 Å². The highest BCUT2D eigenvalue weighted by Gasteiger charge is 2.15. The summed E-state index contributed by atoms with van der Waals surface area (Å²) < 4.78 is 0. The quantitative estimate of drug-likeness (QED) is 0.627. The number of nitrogens with two attached hydrogens (primary N) is 1. The Bertz CT molecular complexity index is 388. The second-order valence-electron chi connectivity index (χ2n) is 3.11. The number of carboxylic acids is 1. The first-order chi connectivity index (χ1) is 7.02. The van der Waals surface area contributed by atoms with Crippen LogP contribution in [0.15, 0.2) is 24.3 Å². The van der Waals surface area contributed by atoms with Gasteiger partial charge in [0.1, 0.15) is 0 Å². The summed E-state index contributed by atoms with van der Waals surface area (Å²) in [4.78, 5) is 22.3. The lowest BCUT2D eigenvalue weighted by molar-refractivity contribution is 0.0690. The molecule has 15 heavy (non-hydrogen) atoms. The molecule has 0 bridgehead atoms. The van der Waals surface area contributed by atoms with Crippen molar-refractivity contribution in [3.05, 3.63) is 35.4 Å². The maximum absolute atomic E-state index is 11.5. The van der Waals surface area contributed by atoms with Crippen LogP contribution in [0.4, 0.5) is 0 Å². The lowest BCUT2D eigenvalue weighted by Crippen LogP contribution is -2.39. The molecule has 0 heterocycles. The molecule has 0 aliphatic rings. The molecule has 0 aliphatic heterocycles. The lowest BCUT2D eigenvalue weighted by atomic mass is 10.1. The van der Waals surface area contributed by atoms with Gasteiger partial charge in [-0.1, -0.05) is 12.1 Å². The van der Waals surface area contributed by atoms with Gasteiger partial charge in [0, 0.05) is 0 Å². The van der Waals surface area contributed by atoms with Gasteiger partial charge < -0.3 is 16.2 Å². The van der Waals surface area contributed by atoms with Crippen LogP contribution in [0.25, 0.3) is 0 Å². The van der Waals surface area contributed by atoms with Crippen LogP contribution in [0.3, 0.4) is 0 Å². The summed E-state index contributed by atoms with van der Waals surface area (Å²) >= 11 is 0. The number of hydrogen-bond acceptors (Lipinski definition) is 3. The highest BCUT2D eigenvalue weighted by molar-refractivity contribution is 6.04. The van der Waals surface area contributed by atoms with E-state index in [2.05, 4.69) is 5.32 Å². The van der Waals surface area contributed by atoms with Crippen molar-refractivity contribution in [2.45, 2.75) is 13.1 Å². The van der Waals surface area contributed by atoms with Crippen LogP contribution in [0.1, 0.15) is 27.6 Å². The van der Waals surface area contributed by atoms with Gasteiger partial charge in [0.15, 0.2) is 0 Å². The Kier molecular flexibility index (Phi) is 3.41. The fourth-order valence-electron chi connectivity index (χ4n) is 1.15. The summed E-state index contributed by atoms with van der Waals surface area (Å²) in [7, 11) is 0. The van der Waals surface area contributed by atoms with Gasteiger partial charge in [-0.05, 0) is 19.1 Å². The van der Waals surface area contributed by atoms with Crippen LogP contribution in [-0.2, 0) is 0 Å². The Balaban J connectivity index is 3.03. The minimum atomic E-state index is -1.13. The van der Waals surface area contributed by atoms with E-state index in [0.717, 1.165) is 0 Å². The van der Waals surface area contributed by atoms with Gasteiger partial charge in [-0.25, -0.2) is 4.79 Å². The van der Waals surface area contributed by atoms with Crippen molar-refractivity contribution in [2.75, 3.05) is 0 Å². The van der Waals surface area contributed by atoms with E-state index in [0.29, 0.717) is 0 Å². The molecule has 1 unspecified atom stereocenters. The second-order valence-corrected chi connectivity index (χ2v) is 3.11. The van der Waals surface area contributed by atoms with Crippen LogP contribution in [0, 0.1) is 0 Å². The number of carbonyl (C=O) groups is 2. The molecule has 80 valence electrons. The fraction of sp³-hybridized carbons (Fsp3) is 0.200. The second kappa shape index (κ2) is 4.56. The molecule has 0 aromatic heterocycles. The molecule has 0 radical (unpaired) electrons. The summed E-state index contributed by atoms with van der Waals surface area (Å²) in [6.45, 7) is 1.60. The zero-order valence-electron chi connectivity index (χ0n) is 8.23. The molecule has 4 N–H and O–H groups in total. The third-order valence-corrected chi connectivity index (χ3v) is 1.76. The normalized spacial score (nSPS) is 11.9. The first kappa shape index (κ1) is 11.2. The van der Waals surface area contributed by atoms with Gasteiger partial charge >= 0.3 is 5.97 Å². The Labute approximate surface area is 86.9 Å². The molecule has 0 fully saturated rings. The highest BCUT2D eigenvalue weighted by Crippen LogP contribution is 2.08. The van der Waals surface area contributed by atoms with E-state index in [9.17, 15) is 9.59 Å². The predicted octanol–water partition coefficient (Wildman–Crippen LogP) is 0.419. The van der Waals surface area contributed by atoms with Crippen LogP contribution in [0.2, 0.25) is 0 Å². The van der Waals surface area contributed by atoms with Crippen LogP contribution in [0.5, 0.6) is 0 Å². The van der Waals surface area contributed by atoms with E-state index < -0.39 is 18.0 Å². The van der Waals surface area contributed by atoms with E-state index in [1.54, 1.807) is 19.1 Å². The molecule has 1 rings (SSSR count). The molecule has 5 nitrogen and oxygen atoms in total. The van der Waals surface area contributed by atoms with Crippen molar-refractivity contribution >= 4 is 11.9 Å². The van der Waals surface area contributed by atoms with Crippen molar-refractivity contribution in [3.63, 3.8) is 0 Å². The number of carboxylic acid groups (broad SMARTS) is 1. The maximum Gasteiger partial charge on any atom is 0.336 e. The topological polar surface area (TPSA) is 92.4 Å². The fourth-order valence-corrected chi connectivity index (χ4v) is 1.15. The van der Waals surface area contributed by atoms with E-state index >= 15 is 0 Å². The Morgan fingerprint density at radius 3 is 2.33 bits per heavy atom. The zero-order chi connectivity index (χ0) is 11.4. The summed E-state index contributed by atoms with van der Waals surface area (Å²) in [5.74, 6) is -1.62. The Morgan fingerprint density at radius 2 is 1.87 bits per heavy atom. The van der Waals surface area contributed by atoms with E-state index in [-0.39, 0.29) is 11.1 Å². The predicted molar refractivity (Wildman–Crippen MR) is 54.5 cm³/mol. The number of benzene rings is 1. The molecule has 0 spiro atoms. The van der Waals surface area contributed by atoms with Gasteiger partial charge in [-0.2, -0.15) is 0 Å². The van der Waals surface area contributed by atoms with Crippen molar-refractivity contribution in [1.29, 1.82) is 0 Å². The number of nitrogens with one attached hydrogen (secondary N) is 1. The minimum Gasteiger partial charge on any atom is -0.478 e. The van der Waals surface area contributed by atoms with E-state index in [4.69, 9.17) is 10.8 Å². The zero-order valence-corrected chi connectivity index (χ0v) is 8.23. The molecule has 1 aromatic rings. The molecular formula is C10H12N2O3. The summed E-state index contributed by atoms with van der Waals surface area (Å²) in [5, 5.41) is 11.3. The standard InChI is InChI=1S/C10H12N2O3/c1-6(11)12-9(13)7-4-2-3-5-8(7)10(14)15/h2-6H,11H2,1H3,(H,12,13)(H,14,15). The molecule has 1 atom stereocenters. The van der Waals surface area contributed by atoms with Crippen molar-refractivity contribution in [3.8, 4) is 0 Å². The lowest BCUT2D eigenvalue weighted by Gasteiger charge is -2.09. The van der Waals surface area contributed by atoms with Crippen molar-refractivity contribution in [2.24, 2.45) is 5.73 Å². The molecule has 5 heteroatoms. The highest BCUT2D eigenvalue weighted by atomic mass is 16.4. The minimum absolute atomic E-state index is 0.0318. The summed E-state index contributed by atoms with van der Waals surface area (Å²) in [5.41, 5.74) is 5.46. The summed E-state index contributed by atoms with van der Waals surface area (Å²) in [6.07, 6.45) is -0.514. The number of carbonyl (C=O) groups excluding carboxylic acids is 1. The first-order valence-corrected chi connectivity index (χ1v) is 4.41. The Morgan fingerprint density at radius 1 is 1.33 bits per heavy atom. The molecule has 0 saturated heterocycles. The van der Waals surface area contributed by atoms with Crippen LogP contribution < -0.4 is 11.1 Å². The van der Waals surface area contributed by atoms with Gasteiger partial charge in [0.05, 0.1) is 17.3 Å². The van der Waals surface area contributed by atoms with E-state index in [1.807, 2.05) is 0 Å². The smallest absolute Gasteiger partial charge is 0.336 e. The Hall–Kier alpha value is -1.88. The number of amides is 1. The van der Waals surface area contributed by atoms with Gasteiger partial charge in [0.25, 0.3) is 5.91 Å². The third-order valence-electron chi connectivity index (χ3n) is 1.76. The number of aromatic carboxylic acids is 1. The maximum atomic E-state index is 11.5. The third kappa shape index (κ3) is 2.78. The molecule has 0 aliphatic carbocycles. The average molecular weight is 208 g/mol. The van der Waals surface area contributed by atoms with Gasteiger partial charge in [-0.15, -0.1) is 0 Å². The SMILES string of the molecule is CC(N)NC(=O)c1ccccc1C(=O)O.